The zero-order chi connectivity index (χ0) is 11.5. The first-order valence-electron chi connectivity index (χ1n) is 4.72. The summed E-state index contributed by atoms with van der Waals surface area (Å²) in [5.41, 5.74) is 0.247. The molecule has 0 spiro atoms. The maximum Gasteiger partial charge on any atom is 0.331 e. The van der Waals surface area contributed by atoms with Crippen molar-refractivity contribution in [2.75, 3.05) is 19.1 Å². The number of ether oxygens (including phenoxy) is 1. The maximum absolute atomic E-state index is 11.6. The van der Waals surface area contributed by atoms with Crippen molar-refractivity contribution in [3.8, 4) is 0 Å². The van der Waals surface area contributed by atoms with Gasteiger partial charge in [0.1, 0.15) is 5.54 Å². The summed E-state index contributed by atoms with van der Waals surface area (Å²) in [6, 6.07) is 3.70. The highest BCUT2D eigenvalue weighted by Crippen LogP contribution is 2.22. The van der Waals surface area contributed by atoms with Gasteiger partial charge in [0.25, 0.3) is 0 Å². The number of pyridine rings is 1. The molecule has 0 fully saturated rings. The Morgan fingerprint density at radius 1 is 1.40 bits per heavy atom. The Hall–Kier alpha value is -1.58. The standard InChI is InChI=1S/C11H16N2O2/c1-11(2,10(14)15-4)13(3)9-5-7-12-8-6-9/h5-8H,1-4H3. The molecule has 1 rings (SSSR count). The molecule has 0 aromatic carbocycles. The Morgan fingerprint density at radius 2 is 1.93 bits per heavy atom. The number of likely N-dealkylation sites (N-methyl/N-ethyl adjacent to an activating group) is 1. The predicted octanol–water partition coefficient (Wildman–Crippen LogP) is 1.47. The molecule has 4 heteroatoms. The highest BCUT2D eigenvalue weighted by molar-refractivity contribution is 5.84. The van der Waals surface area contributed by atoms with Gasteiger partial charge in [0.05, 0.1) is 7.11 Å². The molecule has 4 nitrogen and oxygen atoms in total. The summed E-state index contributed by atoms with van der Waals surface area (Å²) < 4.78 is 4.76. The second-order valence-electron chi connectivity index (χ2n) is 3.82. The van der Waals surface area contributed by atoms with Gasteiger partial charge in [-0.15, -0.1) is 0 Å². The van der Waals surface area contributed by atoms with Gasteiger partial charge in [-0.3, -0.25) is 4.98 Å². The highest BCUT2D eigenvalue weighted by atomic mass is 16.5. The minimum atomic E-state index is -0.684. The van der Waals surface area contributed by atoms with E-state index in [9.17, 15) is 4.79 Å². The number of hydrogen-bond donors (Lipinski definition) is 0. The van der Waals surface area contributed by atoms with Crippen molar-refractivity contribution in [3.63, 3.8) is 0 Å². The van der Waals surface area contributed by atoms with Crippen LogP contribution in [0.25, 0.3) is 0 Å². The van der Waals surface area contributed by atoms with Crippen molar-refractivity contribution in [1.82, 2.24) is 4.98 Å². The molecule has 1 aromatic heterocycles. The van der Waals surface area contributed by atoms with E-state index < -0.39 is 5.54 Å². The number of hydrogen-bond acceptors (Lipinski definition) is 4. The van der Waals surface area contributed by atoms with Gasteiger partial charge >= 0.3 is 5.97 Å². The van der Waals surface area contributed by atoms with E-state index in [-0.39, 0.29) is 5.97 Å². The van der Waals surface area contributed by atoms with Crippen LogP contribution in [-0.2, 0) is 9.53 Å². The molecule has 0 N–H and O–H groups in total. The largest absolute Gasteiger partial charge is 0.467 e. The van der Waals surface area contributed by atoms with Crippen LogP contribution < -0.4 is 4.90 Å². The number of carbonyl (C=O) groups is 1. The van der Waals surface area contributed by atoms with E-state index in [2.05, 4.69) is 4.98 Å². The quantitative estimate of drug-likeness (QED) is 0.705. The molecule has 0 unspecified atom stereocenters. The van der Waals surface area contributed by atoms with Crippen LogP contribution in [0.5, 0.6) is 0 Å². The lowest BCUT2D eigenvalue weighted by atomic mass is 10.0. The molecule has 0 saturated carbocycles. The normalized spacial score (nSPS) is 10.9. The second kappa shape index (κ2) is 4.29. The first-order chi connectivity index (χ1) is 7.00. The first kappa shape index (κ1) is 11.5. The van der Waals surface area contributed by atoms with Crippen LogP contribution in [0, 0.1) is 0 Å². The highest BCUT2D eigenvalue weighted by Gasteiger charge is 2.33. The van der Waals surface area contributed by atoms with Crippen molar-refractivity contribution in [2.45, 2.75) is 19.4 Å². The zero-order valence-electron chi connectivity index (χ0n) is 9.52. The molecule has 0 atom stereocenters. The summed E-state index contributed by atoms with van der Waals surface area (Å²) in [4.78, 5) is 17.4. The third kappa shape index (κ3) is 2.26. The van der Waals surface area contributed by atoms with E-state index in [0.29, 0.717) is 0 Å². The molecular formula is C11H16N2O2. The smallest absolute Gasteiger partial charge is 0.331 e. The molecule has 1 heterocycles. The molecule has 0 aliphatic heterocycles. The van der Waals surface area contributed by atoms with Gasteiger partial charge in [0, 0.05) is 25.1 Å². The summed E-state index contributed by atoms with van der Waals surface area (Å²) >= 11 is 0. The summed E-state index contributed by atoms with van der Waals surface area (Å²) in [7, 11) is 3.25. The van der Waals surface area contributed by atoms with Gasteiger partial charge in [-0.05, 0) is 26.0 Å². The summed E-state index contributed by atoms with van der Waals surface area (Å²) in [5.74, 6) is -0.262. The van der Waals surface area contributed by atoms with E-state index in [4.69, 9.17) is 4.74 Å². The van der Waals surface area contributed by atoms with E-state index in [1.165, 1.54) is 7.11 Å². The Morgan fingerprint density at radius 3 is 2.40 bits per heavy atom. The number of methoxy groups -OCH3 is 1. The summed E-state index contributed by atoms with van der Waals surface area (Å²) in [5, 5.41) is 0. The minimum Gasteiger partial charge on any atom is -0.467 e. The molecule has 0 radical (unpaired) electrons. The fraction of sp³-hybridized carbons (Fsp3) is 0.455. The van der Waals surface area contributed by atoms with Crippen LogP contribution in [0.15, 0.2) is 24.5 Å². The molecule has 0 aliphatic carbocycles. The van der Waals surface area contributed by atoms with Crippen molar-refractivity contribution in [3.05, 3.63) is 24.5 Å². The van der Waals surface area contributed by atoms with Crippen LogP contribution in [-0.4, -0.2) is 30.6 Å². The van der Waals surface area contributed by atoms with Crippen LogP contribution in [0.2, 0.25) is 0 Å². The van der Waals surface area contributed by atoms with Crippen LogP contribution >= 0.6 is 0 Å². The molecule has 0 aliphatic rings. The molecule has 0 amide bonds. The number of carbonyl (C=O) groups excluding carboxylic acids is 1. The van der Waals surface area contributed by atoms with Gasteiger partial charge in [-0.1, -0.05) is 0 Å². The molecule has 0 bridgehead atoms. The Kier molecular flexibility index (Phi) is 3.29. The minimum absolute atomic E-state index is 0.262. The van der Waals surface area contributed by atoms with Crippen LogP contribution in [0.4, 0.5) is 5.69 Å². The average molecular weight is 208 g/mol. The summed E-state index contributed by atoms with van der Waals surface area (Å²) in [6.45, 7) is 3.64. The fourth-order valence-electron chi connectivity index (χ4n) is 1.28. The molecule has 15 heavy (non-hydrogen) atoms. The van der Waals surface area contributed by atoms with Crippen molar-refractivity contribution in [2.24, 2.45) is 0 Å². The van der Waals surface area contributed by atoms with Gasteiger partial charge in [0.15, 0.2) is 0 Å². The monoisotopic (exact) mass is 208 g/mol. The first-order valence-corrected chi connectivity index (χ1v) is 4.72. The average Bonchev–Trinajstić information content (AvgIpc) is 2.28. The molecule has 82 valence electrons. The Balaban J connectivity index is 2.94. The number of aromatic nitrogens is 1. The number of nitrogens with zero attached hydrogens (tertiary/aromatic N) is 2. The number of esters is 1. The van der Waals surface area contributed by atoms with E-state index in [1.807, 2.05) is 37.9 Å². The zero-order valence-corrected chi connectivity index (χ0v) is 9.52. The van der Waals surface area contributed by atoms with E-state index in [0.717, 1.165) is 5.69 Å². The van der Waals surface area contributed by atoms with E-state index in [1.54, 1.807) is 12.4 Å². The Bertz CT molecular complexity index is 336. The van der Waals surface area contributed by atoms with Gasteiger partial charge in [-0.2, -0.15) is 0 Å². The Labute approximate surface area is 89.9 Å². The SMILES string of the molecule is COC(=O)C(C)(C)N(C)c1ccncc1. The van der Waals surface area contributed by atoms with Gasteiger partial charge in [-0.25, -0.2) is 4.79 Å². The lowest BCUT2D eigenvalue weighted by Crippen LogP contribution is -2.48. The van der Waals surface area contributed by atoms with E-state index >= 15 is 0 Å². The number of anilines is 1. The molecule has 0 saturated heterocycles. The topological polar surface area (TPSA) is 42.4 Å². The lowest BCUT2D eigenvalue weighted by molar-refractivity contribution is -0.145. The predicted molar refractivity (Wildman–Crippen MR) is 58.7 cm³/mol. The third-order valence-electron chi connectivity index (χ3n) is 2.57. The maximum atomic E-state index is 11.6. The van der Waals surface area contributed by atoms with Crippen molar-refractivity contribution in [1.29, 1.82) is 0 Å². The lowest BCUT2D eigenvalue weighted by Gasteiger charge is -2.34. The van der Waals surface area contributed by atoms with Crippen LogP contribution in [0.1, 0.15) is 13.8 Å². The van der Waals surface area contributed by atoms with Gasteiger partial charge < -0.3 is 9.64 Å². The van der Waals surface area contributed by atoms with Crippen molar-refractivity contribution >= 4 is 11.7 Å². The fourth-order valence-corrected chi connectivity index (χ4v) is 1.28. The molecular weight excluding hydrogens is 192 g/mol. The van der Waals surface area contributed by atoms with Crippen LogP contribution in [0.3, 0.4) is 0 Å². The molecule has 1 aromatic rings. The second-order valence-corrected chi connectivity index (χ2v) is 3.82. The number of rotatable bonds is 3. The van der Waals surface area contributed by atoms with Crippen molar-refractivity contribution < 1.29 is 9.53 Å². The summed E-state index contributed by atoms with van der Waals surface area (Å²) in [6.07, 6.45) is 3.39. The van der Waals surface area contributed by atoms with Gasteiger partial charge in [0.2, 0.25) is 0 Å². The third-order valence-corrected chi connectivity index (χ3v) is 2.57.